The average Bonchev–Trinajstić information content (AvgIpc) is 3.15. The van der Waals surface area contributed by atoms with Gasteiger partial charge in [0.15, 0.2) is 11.5 Å². The summed E-state index contributed by atoms with van der Waals surface area (Å²) >= 11 is 2.14. The molecule has 4 amide bonds. The summed E-state index contributed by atoms with van der Waals surface area (Å²) in [5.74, 6) is -0.0371. The Balaban J connectivity index is 1.97. The first kappa shape index (κ1) is 21.6. The fourth-order valence-corrected chi connectivity index (χ4v) is 4.37. The highest BCUT2D eigenvalue weighted by Gasteiger charge is 2.40. The fraction of sp³-hybridized carbons (Fsp3) is 0.476. The lowest BCUT2D eigenvalue weighted by Crippen LogP contribution is -2.57. The third kappa shape index (κ3) is 4.73. The van der Waals surface area contributed by atoms with Crippen LogP contribution in [0.2, 0.25) is 0 Å². The molecule has 0 spiro atoms. The summed E-state index contributed by atoms with van der Waals surface area (Å²) in [6.07, 6.45) is 4.98. The predicted molar refractivity (Wildman–Crippen MR) is 117 cm³/mol. The Bertz CT molecular complexity index is 859. The molecule has 1 aromatic rings. The number of imide groups is 2. The fourth-order valence-electron chi connectivity index (χ4n) is 3.62. The molecule has 0 radical (unpaired) electrons. The number of benzene rings is 1. The van der Waals surface area contributed by atoms with E-state index in [2.05, 4.69) is 27.9 Å². The van der Waals surface area contributed by atoms with Gasteiger partial charge in [0, 0.05) is 6.04 Å². The van der Waals surface area contributed by atoms with Crippen LogP contribution in [0, 0.1) is 3.57 Å². The zero-order valence-electron chi connectivity index (χ0n) is 16.8. The van der Waals surface area contributed by atoms with Crippen molar-refractivity contribution in [2.45, 2.75) is 58.6 Å². The summed E-state index contributed by atoms with van der Waals surface area (Å²) in [6, 6.07) is 2.78. The second-order valence-electron chi connectivity index (χ2n) is 7.36. The van der Waals surface area contributed by atoms with E-state index in [-0.39, 0.29) is 17.7 Å². The molecular formula is C21H25IN2O5. The van der Waals surface area contributed by atoms with Gasteiger partial charge in [-0.2, -0.15) is 0 Å². The molecule has 0 unspecified atom stereocenters. The normalized spacial score (nSPS) is 19.3. The maximum atomic E-state index is 13.0. The predicted octanol–water partition coefficient (Wildman–Crippen LogP) is 3.88. The van der Waals surface area contributed by atoms with Gasteiger partial charge in [-0.15, -0.1) is 0 Å². The molecule has 1 heterocycles. The maximum Gasteiger partial charge on any atom is 0.331 e. The van der Waals surface area contributed by atoms with E-state index < -0.39 is 17.8 Å². The summed E-state index contributed by atoms with van der Waals surface area (Å²) in [5, 5.41) is 2.30. The molecule has 0 aromatic heterocycles. The molecule has 1 saturated carbocycles. The summed E-state index contributed by atoms with van der Waals surface area (Å²) in [6.45, 7) is 6.19. The van der Waals surface area contributed by atoms with Crippen molar-refractivity contribution in [3.8, 4) is 11.5 Å². The molecular weight excluding hydrogens is 487 g/mol. The maximum absolute atomic E-state index is 13.0. The smallest absolute Gasteiger partial charge is 0.331 e. The zero-order valence-corrected chi connectivity index (χ0v) is 18.9. The van der Waals surface area contributed by atoms with Crippen molar-refractivity contribution in [3.05, 3.63) is 26.8 Å². The first-order valence-corrected chi connectivity index (χ1v) is 10.9. The van der Waals surface area contributed by atoms with Gasteiger partial charge in [0.1, 0.15) is 5.57 Å². The average molecular weight is 512 g/mol. The second-order valence-corrected chi connectivity index (χ2v) is 8.52. The largest absolute Gasteiger partial charge is 0.490 e. The minimum Gasteiger partial charge on any atom is -0.490 e. The van der Waals surface area contributed by atoms with Crippen molar-refractivity contribution in [2.24, 2.45) is 0 Å². The van der Waals surface area contributed by atoms with E-state index in [1.165, 1.54) is 11.0 Å². The standard InChI is InChI=1S/C21H25IN2O5/c1-4-28-17-11-13(10-16(22)18(17)29-12(2)3)9-15-19(25)23-21(27)24(20(15)26)14-7-5-6-8-14/h9-12,14H,4-8H2,1-3H3,(H,23,25,27)/b15-9+. The van der Waals surface area contributed by atoms with Crippen LogP contribution in [0.25, 0.3) is 6.08 Å². The summed E-state index contributed by atoms with van der Waals surface area (Å²) in [4.78, 5) is 38.8. The molecule has 1 aromatic carbocycles. The highest BCUT2D eigenvalue weighted by molar-refractivity contribution is 14.1. The van der Waals surface area contributed by atoms with Crippen molar-refractivity contribution < 1.29 is 23.9 Å². The van der Waals surface area contributed by atoms with Gasteiger partial charge in [0.25, 0.3) is 11.8 Å². The van der Waals surface area contributed by atoms with Gasteiger partial charge < -0.3 is 9.47 Å². The molecule has 8 heteroatoms. The lowest BCUT2D eigenvalue weighted by atomic mass is 10.0. The number of carbonyl (C=O) groups is 3. The number of halogens is 1. The molecule has 1 aliphatic heterocycles. The first-order valence-electron chi connectivity index (χ1n) is 9.85. The zero-order chi connectivity index (χ0) is 21.1. The number of urea groups is 1. The number of nitrogens with one attached hydrogen (secondary N) is 1. The molecule has 7 nitrogen and oxygen atoms in total. The number of barbiturate groups is 1. The van der Waals surface area contributed by atoms with Crippen molar-refractivity contribution in [2.75, 3.05) is 6.61 Å². The molecule has 3 rings (SSSR count). The second kappa shape index (κ2) is 9.15. The molecule has 29 heavy (non-hydrogen) atoms. The van der Waals surface area contributed by atoms with Gasteiger partial charge in [0.2, 0.25) is 0 Å². The van der Waals surface area contributed by atoms with E-state index in [4.69, 9.17) is 9.47 Å². The minimum absolute atomic E-state index is 0.0244. The lowest BCUT2D eigenvalue weighted by molar-refractivity contribution is -0.131. The quantitative estimate of drug-likeness (QED) is 0.356. The third-order valence-corrected chi connectivity index (χ3v) is 5.62. The van der Waals surface area contributed by atoms with Gasteiger partial charge in [-0.05, 0) is 80.0 Å². The highest BCUT2D eigenvalue weighted by atomic mass is 127. The molecule has 0 bridgehead atoms. The van der Waals surface area contributed by atoms with Crippen LogP contribution in [0.15, 0.2) is 17.7 Å². The van der Waals surface area contributed by atoms with E-state index in [9.17, 15) is 14.4 Å². The van der Waals surface area contributed by atoms with Crippen molar-refractivity contribution in [3.63, 3.8) is 0 Å². The van der Waals surface area contributed by atoms with Crippen LogP contribution in [0.5, 0.6) is 11.5 Å². The number of nitrogens with zero attached hydrogens (tertiary/aromatic N) is 1. The molecule has 2 fully saturated rings. The topological polar surface area (TPSA) is 84.9 Å². The van der Waals surface area contributed by atoms with Gasteiger partial charge in [0.05, 0.1) is 16.3 Å². The van der Waals surface area contributed by atoms with Crippen LogP contribution >= 0.6 is 22.6 Å². The SMILES string of the molecule is CCOc1cc(/C=C2\C(=O)NC(=O)N(C3CCCC3)C2=O)cc(I)c1OC(C)C. The van der Waals surface area contributed by atoms with E-state index in [1.807, 2.05) is 26.8 Å². The molecule has 2 aliphatic rings. The summed E-state index contributed by atoms with van der Waals surface area (Å²) in [7, 11) is 0. The monoisotopic (exact) mass is 512 g/mol. The van der Waals surface area contributed by atoms with E-state index in [0.717, 1.165) is 29.3 Å². The number of rotatable bonds is 6. The lowest BCUT2D eigenvalue weighted by Gasteiger charge is -2.31. The van der Waals surface area contributed by atoms with E-state index in [1.54, 1.807) is 6.07 Å². The Kier molecular flexibility index (Phi) is 6.81. The molecule has 1 aliphatic carbocycles. The van der Waals surface area contributed by atoms with Crippen LogP contribution in [0.1, 0.15) is 52.0 Å². The minimum atomic E-state index is -0.676. The highest BCUT2D eigenvalue weighted by Crippen LogP contribution is 2.36. The summed E-state index contributed by atoms with van der Waals surface area (Å²) < 4.78 is 12.4. The Morgan fingerprint density at radius 3 is 2.55 bits per heavy atom. The number of carbonyl (C=O) groups excluding carboxylic acids is 3. The van der Waals surface area contributed by atoms with Crippen molar-refractivity contribution in [1.29, 1.82) is 0 Å². The van der Waals surface area contributed by atoms with E-state index >= 15 is 0 Å². The van der Waals surface area contributed by atoms with Crippen molar-refractivity contribution >= 4 is 46.5 Å². The number of amides is 4. The Morgan fingerprint density at radius 1 is 1.24 bits per heavy atom. The summed E-state index contributed by atoms with van der Waals surface area (Å²) in [5.41, 5.74) is 0.584. The molecule has 1 N–H and O–H groups in total. The molecule has 0 atom stereocenters. The van der Waals surface area contributed by atoms with Gasteiger partial charge in [-0.3, -0.25) is 19.8 Å². The number of ether oxygens (including phenoxy) is 2. The third-order valence-electron chi connectivity index (χ3n) is 4.82. The number of hydrogen-bond acceptors (Lipinski definition) is 5. The Morgan fingerprint density at radius 2 is 1.93 bits per heavy atom. The Labute approximate surface area is 183 Å². The van der Waals surface area contributed by atoms with Gasteiger partial charge >= 0.3 is 6.03 Å². The van der Waals surface area contributed by atoms with Crippen LogP contribution in [-0.2, 0) is 9.59 Å². The van der Waals surface area contributed by atoms with Gasteiger partial charge in [-0.1, -0.05) is 12.8 Å². The first-order chi connectivity index (χ1) is 13.8. The number of hydrogen-bond donors (Lipinski definition) is 1. The Hall–Kier alpha value is -2.10. The molecule has 156 valence electrons. The molecule has 1 saturated heterocycles. The van der Waals surface area contributed by atoms with Gasteiger partial charge in [-0.25, -0.2) is 4.79 Å². The van der Waals surface area contributed by atoms with Crippen LogP contribution < -0.4 is 14.8 Å². The van der Waals surface area contributed by atoms with Crippen molar-refractivity contribution in [1.82, 2.24) is 10.2 Å². The van der Waals surface area contributed by atoms with E-state index in [0.29, 0.717) is 23.7 Å². The van der Waals surface area contributed by atoms with Crippen LogP contribution in [-0.4, -0.2) is 41.5 Å². The van der Waals surface area contributed by atoms with Crippen LogP contribution in [0.4, 0.5) is 4.79 Å². The van der Waals surface area contributed by atoms with Crippen LogP contribution in [0.3, 0.4) is 0 Å².